The van der Waals surface area contributed by atoms with Crippen molar-refractivity contribution in [1.29, 1.82) is 0 Å². The van der Waals surface area contributed by atoms with Gasteiger partial charge >= 0.3 is 5.69 Å². The molecule has 46 heavy (non-hydrogen) atoms. The smallest absolute Gasteiger partial charge is 0.332 e. The lowest BCUT2D eigenvalue weighted by Crippen LogP contribution is -2.35. The summed E-state index contributed by atoms with van der Waals surface area (Å²) in [5, 5.41) is 8.43. The highest BCUT2D eigenvalue weighted by molar-refractivity contribution is 6.04. The van der Waals surface area contributed by atoms with Crippen molar-refractivity contribution in [2.75, 3.05) is 13.1 Å². The molecule has 3 aromatic carbocycles. The second-order valence-electron chi connectivity index (χ2n) is 11.3. The number of aromatic nitrogens is 7. The number of pyridine rings is 2. The molecule has 5 heterocycles. The molecule has 10 nitrogen and oxygen atoms in total. The molecule has 8 rings (SSSR count). The van der Waals surface area contributed by atoms with Crippen LogP contribution in [0.15, 0.2) is 115 Å². The van der Waals surface area contributed by atoms with Gasteiger partial charge in [0.2, 0.25) is 5.82 Å². The van der Waals surface area contributed by atoms with Crippen molar-refractivity contribution in [3.63, 3.8) is 0 Å². The molecule has 0 saturated heterocycles. The van der Waals surface area contributed by atoms with Crippen LogP contribution in [-0.2, 0) is 7.05 Å². The molecule has 4 aromatic heterocycles. The Morgan fingerprint density at radius 3 is 2.37 bits per heavy atom. The number of amides is 1. The number of fused-ring (bicyclic) bond motifs is 3. The quantitative estimate of drug-likeness (QED) is 0.272. The number of aryl methyl sites for hydroxylation is 1. The number of aromatic amines is 1. The van der Waals surface area contributed by atoms with E-state index in [0.29, 0.717) is 19.5 Å². The predicted molar refractivity (Wildman–Crippen MR) is 177 cm³/mol. The van der Waals surface area contributed by atoms with Gasteiger partial charge in [-0.05, 0) is 53.5 Å². The van der Waals surface area contributed by atoms with E-state index in [1.54, 1.807) is 27.3 Å². The monoisotopic (exact) mass is 604 g/mol. The van der Waals surface area contributed by atoms with Crippen LogP contribution >= 0.6 is 0 Å². The molecular weight excluding hydrogens is 576 g/mol. The van der Waals surface area contributed by atoms with Crippen molar-refractivity contribution in [3.05, 3.63) is 132 Å². The molecule has 1 N–H and O–H groups in total. The molecule has 7 aromatic rings. The van der Waals surface area contributed by atoms with Crippen molar-refractivity contribution in [3.8, 4) is 28.1 Å². The summed E-state index contributed by atoms with van der Waals surface area (Å²) in [7, 11) is 1.78. The topological polar surface area (TPSA) is 115 Å². The Hall–Kier alpha value is -6.16. The molecule has 0 fully saturated rings. The summed E-state index contributed by atoms with van der Waals surface area (Å²) in [4.78, 5) is 40.2. The van der Waals surface area contributed by atoms with Crippen LogP contribution in [0, 0.1) is 0 Å². The van der Waals surface area contributed by atoms with Crippen molar-refractivity contribution in [2.45, 2.75) is 6.42 Å². The third kappa shape index (κ3) is 4.67. The van der Waals surface area contributed by atoms with Crippen molar-refractivity contribution < 1.29 is 4.79 Å². The second-order valence-corrected chi connectivity index (χ2v) is 11.3. The van der Waals surface area contributed by atoms with E-state index < -0.39 is 0 Å². The van der Waals surface area contributed by atoms with E-state index in [2.05, 4.69) is 38.4 Å². The van der Waals surface area contributed by atoms with Gasteiger partial charge in [0.25, 0.3) is 5.91 Å². The molecule has 0 unspecified atom stereocenters. The van der Waals surface area contributed by atoms with Gasteiger partial charge < -0.3 is 9.88 Å². The van der Waals surface area contributed by atoms with Gasteiger partial charge in [-0.1, -0.05) is 60.7 Å². The van der Waals surface area contributed by atoms with E-state index in [1.165, 1.54) is 6.33 Å². The first-order chi connectivity index (χ1) is 22.5. The number of imidazole rings is 1. The lowest BCUT2D eigenvalue weighted by Gasteiger charge is -2.25. The van der Waals surface area contributed by atoms with E-state index in [9.17, 15) is 9.59 Å². The average molecular weight is 605 g/mol. The lowest BCUT2D eigenvalue weighted by molar-refractivity contribution is 0.0761. The van der Waals surface area contributed by atoms with Gasteiger partial charge in [0.1, 0.15) is 6.33 Å². The fraction of sp³-hybridized carbons (Fsp3) is 0.111. The summed E-state index contributed by atoms with van der Waals surface area (Å²) in [6.07, 6.45) is 7.84. The normalized spacial score (nSPS) is 13.3. The molecule has 0 atom stereocenters. The molecule has 0 saturated carbocycles. The zero-order valence-corrected chi connectivity index (χ0v) is 25.0. The molecule has 10 heteroatoms. The number of nitrogens with zero attached hydrogens (tertiary/aromatic N) is 7. The number of rotatable bonds is 5. The van der Waals surface area contributed by atoms with Crippen LogP contribution in [-0.4, -0.2) is 58.2 Å². The van der Waals surface area contributed by atoms with Crippen LogP contribution in [0.4, 0.5) is 0 Å². The third-order valence-electron chi connectivity index (χ3n) is 8.66. The predicted octanol–water partition coefficient (Wildman–Crippen LogP) is 5.65. The molecule has 0 radical (unpaired) electrons. The van der Waals surface area contributed by atoms with E-state index in [0.717, 1.165) is 61.1 Å². The number of hydrogen-bond acceptors (Lipinski definition) is 6. The molecule has 1 amide bonds. The number of hydrogen-bond donors (Lipinski definition) is 1. The summed E-state index contributed by atoms with van der Waals surface area (Å²) in [6, 6.07) is 28.4. The minimum atomic E-state index is -0.163. The van der Waals surface area contributed by atoms with E-state index >= 15 is 0 Å². The van der Waals surface area contributed by atoms with Crippen LogP contribution in [0.25, 0.3) is 55.6 Å². The van der Waals surface area contributed by atoms with Crippen molar-refractivity contribution in [2.24, 2.45) is 7.05 Å². The highest BCUT2D eigenvalue weighted by Crippen LogP contribution is 2.31. The Balaban J connectivity index is 1.14. The lowest BCUT2D eigenvalue weighted by atomic mass is 9.99. The SMILES string of the molecule is Cn1c(=O)n(-c2ccc(C3=CCN(C(=O)c4nnc[nH]4)CC3)cc2)c2c3cc(-c4ccc(-c5ccccc5)nc4)ccc3ncc21. The molecule has 224 valence electrons. The third-order valence-corrected chi connectivity index (χ3v) is 8.66. The fourth-order valence-corrected chi connectivity index (χ4v) is 6.16. The maximum absolute atomic E-state index is 13.7. The van der Waals surface area contributed by atoms with E-state index in [1.807, 2.05) is 79.0 Å². The Morgan fingerprint density at radius 2 is 1.65 bits per heavy atom. The first kappa shape index (κ1) is 27.4. The maximum Gasteiger partial charge on any atom is 0.333 e. The minimum absolute atomic E-state index is 0.144. The van der Waals surface area contributed by atoms with Crippen LogP contribution in [0.3, 0.4) is 0 Å². The van der Waals surface area contributed by atoms with E-state index in [-0.39, 0.29) is 17.4 Å². The number of benzene rings is 3. The van der Waals surface area contributed by atoms with Crippen LogP contribution in [0.1, 0.15) is 22.6 Å². The number of carbonyl (C=O) groups excluding carboxylic acids is 1. The highest BCUT2D eigenvalue weighted by atomic mass is 16.2. The van der Waals surface area contributed by atoms with Gasteiger partial charge in [-0.2, -0.15) is 0 Å². The molecular formula is C36H28N8O2. The number of carbonyl (C=O) groups is 1. The summed E-state index contributed by atoms with van der Waals surface area (Å²) in [6.45, 7) is 1.08. The average Bonchev–Trinajstić information content (AvgIpc) is 3.75. The van der Waals surface area contributed by atoms with E-state index in [4.69, 9.17) is 4.98 Å². The van der Waals surface area contributed by atoms with Crippen molar-refractivity contribution >= 4 is 33.4 Å². The standard InChI is InChI=1S/C36H28N8O2/c1-42-32-21-38-31-14-9-26(27-10-13-30(37-20-27)25-5-3-2-4-6-25)19-29(31)33(32)44(36(42)46)28-11-7-23(8-12-28)24-15-17-43(18-16-24)35(45)34-39-22-40-41-34/h2-15,19-22H,16-18H2,1H3,(H,39,40,41). The summed E-state index contributed by atoms with van der Waals surface area (Å²) in [5.41, 5.74) is 9.16. The Bertz CT molecular complexity index is 2320. The van der Waals surface area contributed by atoms with Gasteiger partial charge in [-0.3, -0.25) is 23.9 Å². The molecule has 0 aliphatic carbocycles. The Labute approximate surface area is 263 Å². The van der Waals surface area contributed by atoms with Gasteiger partial charge in [-0.15, -0.1) is 10.2 Å². The van der Waals surface area contributed by atoms with Crippen LogP contribution in [0.5, 0.6) is 0 Å². The minimum Gasteiger partial charge on any atom is -0.332 e. The highest BCUT2D eigenvalue weighted by Gasteiger charge is 2.22. The zero-order valence-electron chi connectivity index (χ0n) is 25.0. The zero-order chi connectivity index (χ0) is 31.2. The summed E-state index contributed by atoms with van der Waals surface area (Å²) >= 11 is 0. The largest absolute Gasteiger partial charge is 0.333 e. The molecule has 1 aliphatic heterocycles. The second kappa shape index (κ2) is 11.1. The first-order valence-corrected chi connectivity index (χ1v) is 15.0. The Morgan fingerprint density at radius 1 is 0.848 bits per heavy atom. The van der Waals surface area contributed by atoms with Crippen molar-refractivity contribution in [1.82, 2.24) is 39.2 Å². The fourth-order valence-electron chi connectivity index (χ4n) is 6.16. The van der Waals surface area contributed by atoms with Gasteiger partial charge in [0, 0.05) is 42.8 Å². The molecule has 0 spiro atoms. The number of H-pyrrole nitrogens is 1. The van der Waals surface area contributed by atoms with Crippen LogP contribution in [0.2, 0.25) is 0 Å². The maximum atomic E-state index is 13.7. The van der Waals surface area contributed by atoms with Gasteiger partial charge in [0.15, 0.2) is 0 Å². The molecule has 0 bridgehead atoms. The summed E-state index contributed by atoms with van der Waals surface area (Å²) < 4.78 is 3.40. The van der Waals surface area contributed by atoms with Crippen LogP contribution < -0.4 is 5.69 Å². The first-order valence-electron chi connectivity index (χ1n) is 15.0. The van der Waals surface area contributed by atoms with Gasteiger partial charge in [0.05, 0.1) is 34.1 Å². The summed E-state index contributed by atoms with van der Waals surface area (Å²) in [5.74, 6) is 0.0815. The van der Waals surface area contributed by atoms with Gasteiger partial charge in [-0.25, -0.2) is 4.79 Å². The Kier molecular flexibility index (Phi) is 6.60. The molecule has 1 aliphatic rings. The number of nitrogens with one attached hydrogen (secondary N) is 1.